The van der Waals surface area contributed by atoms with Crippen molar-refractivity contribution in [1.82, 2.24) is 4.98 Å². The lowest BCUT2D eigenvalue weighted by Gasteiger charge is -2.35. The first kappa shape index (κ1) is 14.1. The molecular formula is C18H21NO2. The standard InChI is InChI=1S/C18H21NO2/c1-18(2,3)11-8-9-15-13(10-11)16(17(20)21)12-6-4-5-7-14(12)19-15/h4-7,11H,8-10H2,1-3H3,(H,20,21)/t11-/m0/s1. The number of carboxylic acids is 1. The highest BCUT2D eigenvalue weighted by molar-refractivity contribution is 6.04. The molecule has 0 amide bonds. The molecule has 3 nitrogen and oxygen atoms in total. The van der Waals surface area contributed by atoms with Gasteiger partial charge in [0.1, 0.15) is 0 Å². The Labute approximate surface area is 125 Å². The number of benzene rings is 1. The second kappa shape index (κ2) is 4.83. The van der Waals surface area contributed by atoms with Crippen LogP contribution >= 0.6 is 0 Å². The van der Waals surface area contributed by atoms with Crippen molar-refractivity contribution >= 4 is 16.9 Å². The van der Waals surface area contributed by atoms with E-state index in [4.69, 9.17) is 4.98 Å². The largest absolute Gasteiger partial charge is 0.478 e. The summed E-state index contributed by atoms with van der Waals surface area (Å²) in [5, 5.41) is 10.5. The van der Waals surface area contributed by atoms with Gasteiger partial charge in [-0.15, -0.1) is 0 Å². The molecule has 1 aromatic carbocycles. The third kappa shape index (κ3) is 2.41. The number of aromatic carboxylic acids is 1. The number of hydrogen-bond acceptors (Lipinski definition) is 2. The van der Waals surface area contributed by atoms with Crippen molar-refractivity contribution in [3.63, 3.8) is 0 Å². The lowest BCUT2D eigenvalue weighted by Crippen LogP contribution is -2.28. The molecule has 3 heteroatoms. The molecule has 110 valence electrons. The molecule has 0 spiro atoms. The second-order valence-corrected chi connectivity index (χ2v) is 7.04. The quantitative estimate of drug-likeness (QED) is 0.857. The normalized spacial score (nSPS) is 18.5. The Kier molecular flexibility index (Phi) is 3.23. The molecule has 2 aromatic rings. The molecule has 0 fully saturated rings. The van der Waals surface area contributed by atoms with Crippen LogP contribution in [0.5, 0.6) is 0 Å². The van der Waals surface area contributed by atoms with Crippen LogP contribution in [0.4, 0.5) is 0 Å². The molecule has 1 heterocycles. The van der Waals surface area contributed by atoms with Gasteiger partial charge >= 0.3 is 5.97 Å². The van der Waals surface area contributed by atoms with E-state index in [1.807, 2.05) is 24.3 Å². The van der Waals surface area contributed by atoms with Gasteiger partial charge in [-0.3, -0.25) is 4.98 Å². The monoisotopic (exact) mass is 283 g/mol. The number of aryl methyl sites for hydroxylation is 1. The van der Waals surface area contributed by atoms with Crippen LogP contribution in [-0.4, -0.2) is 16.1 Å². The highest BCUT2D eigenvalue weighted by Gasteiger charge is 2.32. The molecule has 1 aliphatic rings. The summed E-state index contributed by atoms with van der Waals surface area (Å²) >= 11 is 0. The molecule has 3 rings (SSSR count). The maximum absolute atomic E-state index is 11.8. The van der Waals surface area contributed by atoms with Gasteiger partial charge in [0.25, 0.3) is 0 Å². The van der Waals surface area contributed by atoms with Gasteiger partial charge in [-0.25, -0.2) is 4.79 Å². The van der Waals surface area contributed by atoms with E-state index >= 15 is 0 Å². The Bertz CT molecular complexity index is 713. The summed E-state index contributed by atoms with van der Waals surface area (Å²) in [5.41, 5.74) is 3.38. The van der Waals surface area contributed by atoms with Crippen LogP contribution in [0.3, 0.4) is 0 Å². The van der Waals surface area contributed by atoms with E-state index in [2.05, 4.69) is 20.8 Å². The van der Waals surface area contributed by atoms with Crippen molar-refractivity contribution in [3.8, 4) is 0 Å². The van der Waals surface area contributed by atoms with Gasteiger partial charge in [-0.05, 0) is 42.2 Å². The zero-order chi connectivity index (χ0) is 15.2. The SMILES string of the molecule is CC(C)(C)[C@H]1CCc2nc3ccccc3c(C(=O)O)c2C1. The van der Waals surface area contributed by atoms with Gasteiger partial charge in [-0.1, -0.05) is 39.0 Å². The Hall–Kier alpha value is -1.90. The lowest BCUT2D eigenvalue weighted by atomic mass is 9.70. The van der Waals surface area contributed by atoms with Gasteiger partial charge in [-0.2, -0.15) is 0 Å². The predicted octanol–water partition coefficient (Wildman–Crippen LogP) is 4.08. The Balaban J connectivity index is 2.22. The van der Waals surface area contributed by atoms with Gasteiger partial charge in [0, 0.05) is 11.1 Å². The smallest absolute Gasteiger partial charge is 0.336 e. The van der Waals surface area contributed by atoms with Crippen molar-refractivity contribution in [2.24, 2.45) is 11.3 Å². The summed E-state index contributed by atoms with van der Waals surface area (Å²) in [6, 6.07) is 7.56. The Morgan fingerprint density at radius 3 is 2.67 bits per heavy atom. The molecular weight excluding hydrogens is 262 g/mol. The number of pyridine rings is 1. The Morgan fingerprint density at radius 1 is 1.29 bits per heavy atom. The maximum atomic E-state index is 11.8. The molecule has 0 unspecified atom stereocenters. The van der Waals surface area contributed by atoms with Crippen molar-refractivity contribution in [2.75, 3.05) is 0 Å². The summed E-state index contributed by atoms with van der Waals surface area (Å²) in [5.74, 6) is -0.328. The minimum atomic E-state index is -0.834. The highest BCUT2D eigenvalue weighted by Crippen LogP contribution is 2.39. The van der Waals surface area contributed by atoms with Gasteiger partial charge in [0.05, 0.1) is 11.1 Å². The van der Waals surface area contributed by atoms with E-state index in [1.54, 1.807) is 0 Å². The van der Waals surface area contributed by atoms with Crippen LogP contribution in [0.25, 0.3) is 10.9 Å². The molecule has 0 saturated heterocycles. The van der Waals surface area contributed by atoms with E-state index in [9.17, 15) is 9.90 Å². The number of hydrogen-bond donors (Lipinski definition) is 1. The molecule has 0 bridgehead atoms. The summed E-state index contributed by atoms with van der Waals surface area (Å²) in [4.78, 5) is 16.5. The molecule has 1 aliphatic carbocycles. The highest BCUT2D eigenvalue weighted by atomic mass is 16.4. The molecule has 0 aliphatic heterocycles. The molecule has 21 heavy (non-hydrogen) atoms. The summed E-state index contributed by atoms with van der Waals surface area (Å²) in [6.07, 6.45) is 2.78. The first-order valence-corrected chi connectivity index (χ1v) is 7.51. The van der Waals surface area contributed by atoms with Crippen LogP contribution in [0.1, 0.15) is 48.8 Å². The number of nitrogens with zero attached hydrogens (tertiary/aromatic N) is 1. The second-order valence-electron chi connectivity index (χ2n) is 7.04. The van der Waals surface area contributed by atoms with E-state index in [1.165, 1.54) is 0 Å². The number of para-hydroxylation sites is 1. The van der Waals surface area contributed by atoms with Crippen molar-refractivity contribution in [2.45, 2.75) is 40.0 Å². The van der Waals surface area contributed by atoms with Crippen LogP contribution in [-0.2, 0) is 12.8 Å². The number of carbonyl (C=O) groups is 1. The van der Waals surface area contributed by atoms with Gasteiger partial charge in [0.15, 0.2) is 0 Å². The number of carboxylic acid groups (broad SMARTS) is 1. The number of fused-ring (bicyclic) bond motifs is 2. The maximum Gasteiger partial charge on any atom is 0.336 e. The molecule has 1 aromatic heterocycles. The van der Waals surface area contributed by atoms with Crippen molar-refractivity contribution in [3.05, 3.63) is 41.1 Å². The number of aromatic nitrogens is 1. The lowest BCUT2D eigenvalue weighted by molar-refractivity contribution is 0.0696. The fraction of sp³-hybridized carbons (Fsp3) is 0.444. The predicted molar refractivity (Wildman–Crippen MR) is 83.7 cm³/mol. The summed E-state index contributed by atoms with van der Waals surface area (Å²) < 4.78 is 0. The third-order valence-electron chi connectivity index (χ3n) is 4.70. The topological polar surface area (TPSA) is 50.2 Å². The van der Waals surface area contributed by atoms with Crippen LogP contribution in [0.15, 0.2) is 24.3 Å². The first-order valence-electron chi connectivity index (χ1n) is 7.51. The van der Waals surface area contributed by atoms with E-state index in [-0.39, 0.29) is 5.41 Å². The molecule has 0 saturated carbocycles. The minimum Gasteiger partial charge on any atom is -0.478 e. The van der Waals surface area contributed by atoms with E-state index in [0.29, 0.717) is 11.5 Å². The average molecular weight is 283 g/mol. The summed E-state index contributed by atoms with van der Waals surface area (Å²) in [7, 11) is 0. The fourth-order valence-electron chi connectivity index (χ4n) is 3.37. The van der Waals surface area contributed by atoms with E-state index in [0.717, 1.165) is 41.4 Å². The minimum absolute atomic E-state index is 0.194. The van der Waals surface area contributed by atoms with E-state index < -0.39 is 5.97 Å². The zero-order valence-electron chi connectivity index (χ0n) is 12.8. The first-order chi connectivity index (χ1) is 9.88. The summed E-state index contributed by atoms with van der Waals surface area (Å²) in [6.45, 7) is 6.70. The van der Waals surface area contributed by atoms with Crippen molar-refractivity contribution < 1.29 is 9.90 Å². The van der Waals surface area contributed by atoms with Gasteiger partial charge in [0.2, 0.25) is 0 Å². The molecule has 0 radical (unpaired) electrons. The number of rotatable bonds is 1. The zero-order valence-corrected chi connectivity index (χ0v) is 12.8. The van der Waals surface area contributed by atoms with Crippen molar-refractivity contribution in [1.29, 1.82) is 0 Å². The van der Waals surface area contributed by atoms with Crippen LogP contribution < -0.4 is 0 Å². The van der Waals surface area contributed by atoms with Crippen LogP contribution in [0.2, 0.25) is 0 Å². The average Bonchev–Trinajstić information content (AvgIpc) is 2.42. The molecule has 1 atom stereocenters. The Morgan fingerprint density at radius 2 is 2.00 bits per heavy atom. The fourth-order valence-corrected chi connectivity index (χ4v) is 3.37. The van der Waals surface area contributed by atoms with Crippen LogP contribution in [0, 0.1) is 11.3 Å². The third-order valence-corrected chi connectivity index (χ3v) is 4.70. The van der Waals surface area contributed by atoms with Gasteiger partial charge < -0.3 is 5.11 Å². The molecule has 1 N–H and O–H groups in total.